The smallest absolute Gasteiger partial charge is 0.264 e. The molecule has 0 atom stereocenters. The van der Waals surface area contributed by atoms with Gasteiger partial charge in [-0.15, -0.1) is 0 Å². The highest BCUT2D eigenvalue weighted by Crippen LogP contribution is 2.23. The lowest BCUT2D eigenvalue weighted by Crippen LogP contribution is -2.25. The van der Waals surface area contributed by atoms with E-state index in [4.69, 9.17) is 5.73 Å². The van der Waals surface area contributed by atoms with Gasteiger partial charge in [0.05, 0.1) is 23.3 Å². The van der Waals surface area contributed by atoms with E-state index in [1.54, 1.807) is 15.4 Å². The molecule has 0 radical (unpaired) electrons. The minimum Gasteiger partial charge on any atom is -0.383 e. The van der Waals surface area contributed by atoms with Crippen LogP contribution < -0.4 is 11.3 Å². The van der Waals surface area contributed by atoms with Crippen LogP contribution in [0.15, 0.2) is 59.8 Å². The number of nitrogens with zero attached hydrogens (tertiary/aromatic N) is 6. The maximum absolute atomic E-state index is 13.5. The highest BCUT2D eigenvalue weighted by Gasteiger charge is 2.17. The third-order valence-electron chi connectivity index (χ3n) is 5.24. The number of pyridine rings is 2. The Hall–Kier alpha value is -4.07. The van der Waals surface area contributed by atoms with E-state index in [9.17, 15) is 4.79 Å². The van der Waals surface area contributed by atoms with Crippen molar-refractivity contribution in [3.05, 3.63) is 82.3 Å². The molecule has 0 amide bonds. The molecule has 0 aliphatic carbocycles. The Labute approximate surface area is 171 Å². The van der Waals surface area contributed by atoms with Crippen LogP contribution in [-0.4, -0.2) is 29.3 Å². The normalized spacial score (nSPS) is 11.4. The van der Waals surface area contributed by atoms with Crippen LogP contribution in [0.25, 0.3) is 27.6 Å². The standard InChI is InChI=1S/C22H19N7O/c1-13-6-5-9-24-20(13)29-16(10-15-7-3-4-8-17(15)22(29)30)11-28-21-18(14(2)27-28)19(23)25-12-26-21/h3-10,12H,11H2,1-2H3,(H2,23,25,26). The van der Waals surface area contributed by atoms with E-state index in [0.29, 0.717) is 29.2 Å². The van der Waals surface area contributed by atoms with Crippen LogP contribution in [0, 0.1) is 13.8 Å². The van der Waals surface area contributed by atoms with Gasteiger partial charge in [-0.1, -0.05) is 24.3 Å². The molecular formula is C22H19N7O. The lowest BCUT2D eigenvalue weighted by Gasteiger charge is -2.16. The summed E-state index contributed by atoms with van der Waals surface area (Å²) in [5, 5.41) is 6.84. The predicted molar refractivity (Wildman–Crippen MR) is 116 cm³/mol. The number of hydrogen-bond donors (Lipinski definition) is 1. The first-order chi connectivity index (χ1) is 14.5. The van der Waals surface area contributed by atoms with Crippen molar-refractivity contribution in [1.29, 1.82) is 0 Å². The molecule has 0 unspecified atom stereocenters. The van der Waals surface area contributed by atoms with Crippen molar-refractivity contribution in [2.45, 2.75) is 20.4 Å². The minimum atomic E-state index is -0.118. The van der Waals surface area contributed by atoms with Gasteiger partial charge < -0.3 is 5.73 Å². The van der Waals surface area contributed by atoms with E-state index in [1.165, 1.54) is 6.33 Å². The van der Waals surface area contributed by atoms with Crippen LogP contribution in [0.3, 0.4) is 0 Å². The summed E-state index contributed by atoms with van der Waals surface area (Å²) < 4.78 is 3.41. The van der Waals surface area contributed by atoms with Crippen LogP contribution in [0.4, 0.5) is 5.82 Å². The fourth-order valence-electron chi connectivity index (χ4n) is 3.85. The second-order valence-electron chi connectivity index (χ2n) is 7.21. The van der Waals surface area contributed by atoms with Crippen LogP contribution in [0.2, 0.25) is 0 Å². The van der Waals surface area contributed by atoms with Gasteiger partial charge in [0.1, 0.15) is 18.0 Å². The number of benzene rings is 1. The number of anilines is 1. The first kappa shape index (κ1) is 18.0. The lowest BCUT2D eigenvalue weighted by atomic mass is 10.1. The molecule has 0 saturated heterocycles. The maximum Gasteiger partial charge on any atom is 0.264 e. The Balaban J connectivity index is 1.79. The van der Waals surface area contributed by atoms with E-state index in [2.05, 4.69) is 20.1 Å². The SMILES string of the molecule is Cc1cccnc1-n1c(Cn2nc(C)c3c(N)ncnc32)cc2ccccc2c1=O. The molecule has 0 spiro atoms. The number of nitrogen functional groups attached to an aromatic ring is 1. The summed E-state index contributed by atoms with van der Waals surface area (Å²) in [6.45, 7) is 4.14. The number of fused-ring (bicyclic) bond motifs is 2. The Morgan fingerprint density at radius 3 is 2.70 bits per heavy atom. The molecule has 0 aliphatic rings. The van der Waals surface area contributed by atoms with Gasteiger partial charge in [-0.05, 0) is 43.0 Å². The monoisotopic (exact) mass is 397 g/mol. The third-order valence-corrected chi connectivity index (χ3v) is 5.24. The topological polar surface area (TPSA) is 105 Å². The number of aryl methyl sites for hydroxylation is 2. The van der Waals surface area contributed by atoms with E-state index in [-0.39, 0.29) is 5.56 Å². The molecule has 1 aromatic carbocycles. The molecule has 4 heterocycles. The van der Waals surface area contributed by atoms with Crippen molar-refractivity contribution >= 4 is 27.6 Å². The van der Waals surface area contributed by atoms with E-state index >= 15 is 0 Å². The van der Waals surface area contributed by atoms with Crippen molar-refractivity contribution in [1.82, 2.24) is 29.3 Å². The molecule has 30 heavy (non-hydrogen) atoms. The zero-order valence-electron chi connectivity index (χ0n) is 16.6. The highest BCUT2D eigenvalue weighted by molar-refractivity contribution is 5.88. The number of rotatable bonds is 3. The zero-order chi connectivity index (χ0) is 20.8. The number of aromatic nitrogens is 6. The third kappa shape index (κ3) is 2.73. The summed E-state index contributed by atoms with van der Waals surface area (Å²) in [6.07, 6.45) is 3.11. The van der Waals surface area contributed by atoms with Crippen LogP contribution in [-0.2, 0) is 6.54 Å². The quantitative estimate of drug-likeness (QED) is 0.502. The first-order valence-electron chi connectivity index (χ1n) is 9.54. The number of hydrogen-bond acceptors (Lipinski definition) is 6. The van der Waals surface area contributed by atoms with E-state index in [1.807, 2.05) is 56.3 Å². The molecule has 5 aromatic rings. The van der Waals surface area contributed by atoms with Gasteiger partial charge in [-0.3, -0.25) is 9.36 Å². The molecular weight excluding hydrogens is 378 g/mol. The summed E-state index contributed by atoms with van der Waals surface area (Å²) in [6, 6.07) is 13.3. The van der Waals surface area contributed by atoms with Crippen LogP contribution >= 0.6 is 0 Å². The fourth-order valence-corrected chi connectivity index (χ4v) is 3.85. The molecule has 2 N–H and O–H groups in total. The van der Waals surface area contributed by atoms with Gasteiger partial charge in [0.25, 0.3) is 5.56 Å². The highest BCUT2D eigenvalue weighted by atomic mass is 16.1. The molecule has 0 saturated carbocycles. The van der Waals surface area contributed by atoms with Gasteiger partial charge in [-0.25, -0.2) is 19.6 Å². The van der Waals surface area contributed by atoms with Gasteiger partial charge in [0.2, 0.25) is 0 Å². The second kappa shape index (κ2) is 6.77. The average Bonchev–Trinajstić information content (AvgIpc) is 3.06. The van der Waals surface area contributed by atoms with Crippen molar-refractivity contribution in [2.24, 2.45) is 0 Å². The van der Waals surface area contributed by atoms with Crippen LogP contribution in [0.1, 0.15) is 17.0 Å². The molecule has 8 nitrogen and oxygen atoms in total. The molecule has 5 rings (SSSR count). The maximum atomic E-state index is 13.5. The molecule has 8 heteroatoms. The van der Waals surface area contributed by atoms with Gasteiger partial charge in [0, 0.05) is 11.6 Å². The van der Waals surface area contributed by atoms with Gasteiger partial charge in [0.15, 0.2) is 5.65 Å². The van der Waals surface area contributed by atoms with Crippen molar-refractivity contribution in [3.8, 4) is 5.82 Å². The Kier molecular flexibility index (Phi) is 4.06. The lowest BCUT2D eigenvalue weighted by molar-refractivity contribution is 0.660. The van der Waals surface area contributed by atoms with E-state index in [0.717, 1.165) is 27.7 Å². The largest absolute Gasteiger partial charge is 0.383 e. The average molecular weight is 397 g/mol. The summed E-state index contributed by atoms with van der Waals surface area (Å²) in [4.78, 5) is 26.4. The second-order valence-corrected chi connectivity index (χ2v) is 7.21. The predicted octanol–water partition coefficient (Wildman–Crippen LogP) is 2.77. The molecule has 0 bridgehead atoms. The Bertz CT molecular complexity index is 1480. The summed E-state index contributed by atoms with van der Waals surface area (Å²) in [7, 11) is 0. The summed E-state index contributed by atoms with van der Waals surface area (Å²) in [5.74, 6) is 0.991. The number of nitrogens with two attached hydrogens (primary N) is 1. The molecule has 0 aliphatic heterocycles. The van der Waals surface area contributed by atoms with Crippen molar-refractivity contribution in [2.75, 3.05) is 5.73 Å². The van der Waals surface area contributed by atoms with Crippen molar-refractivity contribution < 1.29 is 0 Å². The molecule has 148 valence electrons. The van der Waals surface area contributed by atoms with Gasteiger partial charge >= 0.3 is 0 Å². The zero-order valence-corrected chi connectivity index (χ0v) is 16.6. The Morgan fingerprint density at radius 2 is 1.87 bits per heavy atom. The summed E-state index contributed by atoms with van der Waals surface area (Å²) in [5.41, 5.74) is 8.95. The van der Waals surface area contributed by atoms with Crippen LogP contribution in [0.5, 0.6) is 0 Å². The van der Waals surface area contributed by atoms with E-state index < -0.39 is 0 Å². The first-order valence-corrected chi connectivity index (χ1v) is 9.54. The minimum absolute atomic E-state index is 0.118. The Morgan fingerprint density at radius 1 is 1.03 bits per heavy atom. The van der Waals surface area contributed by atoms with Gasteiger partial charge in [-0.2, -0.15) is 5.10 Å². The van der Waals surface area contributed by atoms with Crippen molar-refractivity contribution in [3.63, 3.8) is 0 Å². The fraction of sp³-hybridized carbons (Fsp3) is 0.136. The summed E-state index contributed by atoms with van der Waals surface area (Å²) >= 11 is 0. The molecule has 0 fully saturated rings. The molecule has 4 aromatic heterocycles.